The first-order valence-corrected chi connectivity index (χ1v) is 3.57. The lowest BCUT2D eigenvalue weighted by Crippen LogP contribution is -2.04. The van der Waals surface area contributed by atoms with E-state index >= 15 is 0 Å². The highest BCUT2D eigenvalue weighted by Gasteiger charge is 2.02. The molecule has 0 spiro atoms. The first-order valence-electron chi connectivity index (χ1n) is 3.57. The molecule has 1 rings (SSSR count). The fourth-order valence-corrected chi connectivity index (χ4v) is 0.957. The number of hydrogen-bond acceptors (Lipinski definition) is 2. The Morgan fingerprint density at radius 1 is 1.45 bits per heavy atom. The third kappa shape index (κ3) is 1.80. The quantitative estimate of drug-likeness (QED) is 0.582. The van der Waals surface area contributed by atoms with Crippen molar-refractivity contribution in [2.75, 3.05) is 7.05 Å². The first kappa shape index (κ1) is 7.79. The Bertz CT molecular complexity index is 257. The molecule has 0 aliphatic heterocycles. The van der Waals surface area contributed by atoms with Crippen LogP contribution in [0, 0.1) is 5.41 Å². The molecule has 11 heavy (non-hydrogen) atoms. The Labute approximate surface area is 66.8 Å². The Morgan fingerprint density at radius 3 is 2.82 bits per heavy atom. The molecule has 58 valence electrons. The summed E-state index contributed by atoms with van der Waals surface area (Å²) in [7, 11) is 1.84. The van der Waals surface area contributed by atoms with Crippen LogP contribution in [0.5, 0.6) is 0 Å². The standard InChI is InChI=1S/C9H12N2/c1-7-3-4-9(10)8(5-7)6-11-2/h3-6,10-11H,1-2H3/b8-6-,10-9?. The van der Waals surface area contributed by atoms with E-state index in [1.165, 1.54) is 5.57 Å². The molecule has 0 atom stereocenters. The van der Waals surface area contributed by atoms with E-state index in [9.17, 15) is 0 Å². The summed E-state index contributed by atoms with van der Waals surface area (Å²) < 4.78 is 0. The van der Waals surface area contributed by atoms with Crippen molar-refractivity contribution in [3.63, 3.8) is 0 Å². The molecule has 0 saturated carbocycles. The second-order valence-electron chi connectivity index (χ2n) is 2.52. The molecular weight excluding hydrogens is 136 g/mol. The summed E-state index contributed by atoms with van der Waals surface area (Å²) in [5.74, 6) is 0. The van der Waals surface area contributed by atoms with E-state index in [0.29, 0.717) is 5.71 Å². The van der Waals surface area contributed by atoms with Crippen molar-refractivity contribution in [2.24, 2.45) is 0 Å². The van der Waals surface area contributed by atoms with Gasteiger partial charge in [0.25, 0.3) is 0 Å². The van der Waals surface area contributed by atoms with Gasteiger partial charge in [0.05, 0.1) is 5.71 Å². The summed E-state index contributed by atoms with van der Waals surface area (Å²) in [5.41, 5.74) is 2.68. The Morgan fingerprint density at radius 2 is 2.18 bits per heavy atom. The van der Waals surface area contributed by atoms with Gasteiger partial charge in [0.15, 0.2) is 0 Å². The number of allylic oxidation sites excluding steroid dienone is 5. The molecule has 0 aromatic carbocycles. The fraction of sp³-hybridized carbons (Fsp3) is 0.222. The van der Waals surface area contributed by atoms with Crippen molar-refractivity contribution in [3.05, 3.63) is 35.6 Å². The van der Waals surface area contributed by atoms with Gasteiger partial charge >= 0.3 is 0 Å². The van der Waals surface area contributed by atoms with Gasteiger partial charge in [-0.25, -0.2) is 0 Å². The van der Waals surface area contributed by atoms with Gasteiger partial charge in [0.1, 0.15) is 0 Å². The van der Waals surface area contributed by atoms with Crippen LogP contribution in [0.3, 0.4) is 0 Å². The van der Waals surface area contributed by atoms with Gasteiger partial charge < -0.3 is 10.7 Å². The lowest BCUT2D eigenvalue weighted by atomic mass is 10.0. The summed E-state index contributed by atoms with van der Waals surface area (Å²) in [6, 6.07) is 0. The van der Waals surface area contributed by atoms with Gasteiger partial charge in [0.2, 0.25) is 0 Å². The van der Waals surface area contributed by atoms with Crippen LogP contribution >= 0.6 is 0 Å². The minimum atomic E-state index is 0.560. The summed E-state index contributed by atoms with van der Waals surface area (Å²) in [4.78, 5) is 0. The largest absolute Gasteiger partial charge is 0.393 e. The molecule has 0 heterocycles. The number of hydrogen-bond donors (Lipinski definition) is 2. The molecule has 0 fully saturated rings. The van der Waals surface area contributed by atoms with E-state index in [1.54, 1.807) is 6.08 Å². The first-order chi connectivity index (χ1) is 5.24. The highest BCUT2D eigenvalue weighted by Crippen LogP contribution is 2.11. The third-order valence-corrected chi connectivity index (χ3v) is 1.51. The minimum absolute atomic E-state index is 0.560. The minimum Gasteiger partial charge on any atom is -0.393 e. The van der Waals surface area contributed by atoms with E-state index in [-0.39, 0.29) is 0 Å². The molecule has 0 amide bonds. The van der Waals surface area contributed by atoms with Gasteiger partial charge in [-0.3, -0.25) is 0 Å². The van der Waals surface area contributed by atoms with Crippen LogP contribution in [-0.2, 0) is 0 Å². The number of rotatable bonds is 1. The average Bonchev–Trinajstić information content (AvgIpc) is 1.98. The van der Waals surface area contributed by atoms with E-state index in [4.69, 9.17) is 5.41 Å². The lowest BCUT2D eigenvalue weighted by Gasteiger charge is -2.06. The predicted octanol–water partition coefficient (Wildman–Crippen LogP) is 1.63. The second kappa shape index (κ2) is 3.19. The van der Waals surface area contributed by atoms with Gasteiger partial charge in [-0.2, -0.15) is 0 Å². The molecule has 2 heteroatoms. The van der Waals surface area contributed by atoms with Crippen molar-refractivity contribution in [2.45, 2.75) is 6.92 Å². The highest BCUT2D eigenvalue weighted by atomic mass is 14.8. The highest BCUT2D eigenvalue weighted by molar-refractivity contribution is 6.09. The normalized spacial score (nSPS) is 20.4. The molecule has 2 N–H and O–H groups in total. The van der Waals surface area contributed by atoms with Crippen LogP contribution in [0.4, 0.5) is 0 Å². The molecule has 0 aromatic heterocycles. The summed E-state index contributed by atoms with van der Waals surface area (Å²) in [6.07, 6.45) is 7.56. The summed E-state index contributed by atoms with van der Waals surface area (Å²) >= 11 is 0. The van der Waals surface area contributed by atoms with Crippen LogP contribution < -0.4 is 5.32 Å². The molecule has 0 radical (unpaired) electrons. The van der Waals surface area contributed by atoms with Crippen molar-refractivity contribution in [1.29, 1.82) is 5.41 Å². The van der Waals surface area contributed by atoms with E-state index in [0.717, 1.165) is 5.57 Å². The molecule has 1 aliphatic carbocycles. The lowest BCUT2D eigenvalue weighted by molar-refractivity contribution is 1.09. The summed E-state index contributed by atoms with van der Waals surface area (Å²) in [5, 5.41) is 10.4. The van der Waals surface area contributed by atoms with Crippen LogP contribution in [0.25, 0.3) is 0 Å². The zero-order chi connectivity index (χ0) is 8.27. The monoisotopic (exact) mass is 148 g/mol. The molecule has 0 aromatic rings. The van der Waals surface area contributed by atoms with E-state index in [2.05, 4.69) is 5.32 Å². The van der Waals surface area contributed by atoms with E-state index < -0.39 is 0 Å². The SMILES string of the molecule is CN/C=C1/C=C(C)C=CC1=N. The maximum absolute atomic E-state index is 7.50. The van der Waals surface area contributed by atoms with Crippen LogP contribution in [-0.4, -0.2) is 12.8 Å². The van der Waals surface area contributed by atoms with E-state index in [1.807, 2.05) is 32.3 Å². The smallest absolute Gasteiger partial charge is 0.0626 e. The molecular formula is C9H12N2. The van der Waals surface area contributed by atoms with Crippen LogP contribution in [0.2, 0.25) is 0 Å². The van der Waals surface area contributed by atoms with Gasteiger partial charge in [-0.1, -0.05) is 11.6 Å². The third-order valence-electron chi connectivity index (χ3n) is 1.51. The molecule has 1 aliphatic rings. The average molecular weight is 148 g/mol. The van der Waals surface area contributed by atoms with Crippen LogP contribution in [0.1, 0.15) is 6.92 Å². The van der Waals surface area contributed by atoms with Crippen molar-refractivity contribution in [3.8, 4) is 0 Å². The van der Waals surface area contributed by atoms with Crippen LogP contribution in [0.15, 0.2) is 35.6 Å². The second-order valence-corrected chi connectivity index (χ2v) is 2.52. The molecule has 2 nitrogen and oxygen atoms in total. The van der Waals surface area contributed by atoms with Gasteiger partial charge in [0, 0.05) is 18.8 Å². The Balaban J connectivity index is 2.90. The summed E-state index contributed by atoms with van der Waals surface area (Å²) in [6.45, 7) is 2.02. The molecule has 0 saturated heterocycles. The molecule has 0 unspecified atom stereocenters. The fourth-order valence-electron chi connectivity index (χ4n) is 0.957. The topological polar surface area (TPSA) is 35.9 Å². The van der Waals surface area contributed by atoms with Crippen molar-refractivity contribution in [1.82, 2.24) is 5.32 Å². The maximum Gasteiger partial charge on any atom is 0.0626 e. The zero-order valence-corrected chi connectivity index (χ0v) is 6.81. The Kier molecular flexibility index (Phi) is 2.26. The number of nitrogens with one attached hydrogen (secondary N) is 2. The molecule has 0 bridgehead atoms. The van der Waals surface area contributed by atoms with Gasteiger partial charge in [-0.05, 0) is 19.1 Å². The van der Waals surface area contributed by atoms with Crippen molar-refractivity contribution >= 4 is 5.71 Å². The Hall–Kier alpha value is -1.31. The van der Waals surface area contributed by atoms with Crippen molar-refractivity contribution < 1.29 is 0 Å². The maximum atomic E-state index is 7.50. The van der Waals surface area contributed by atoms with Gasteiger partial charge in [-0.15, -0.1) is 0 Å². The zero-order valence-electron chi connectivity index (χ0n) is 6.81. The predicted molar refractivity (Wildman–Crippen MR) is 47.8 cm³/mol.